The van der Waals surface area contributed by atoms with E-state index in [0.717, 1.165) is 22.3 Å². The molecule has 4 aliphatic rings. The van der Waals surface area contributed by atoms with Crippen molar-refractivity contribution in [2.45, 2.75) is 31.3 Å². The average Bonchev–Trinajstić information content (AvgIpc) is 3.80. The van der Waals surface area contributed by atoms with E-state index in [2.05, 4.69) is 9.98 Å². The van der Waals surface area contributed by atoms with Crippen molar-refractivity contribution in [3.63, 3.8) is 0 Å². The molecule has 0 aliphatic carbocycles. The molecule has 2 N–H and O–H groups in total. The number of amides is 2. The summed E-state index contributed by atoms with van der Waals surface area (Å²) >= 11 is 0. The summed E-state index contributed by atoms with van der Waals surface area (Å²) in [6.45, 7) is 0.571. The van der Waals surface area contributed by atoms with Gasteiger partial charge in [-0.2, -0.15) is 0 Å². The van der Waals surface area contributed by atoms with Crippen LogP contribution in [0, 0.1) is 0 Å². The van der Waals surface area contributed by atoms with E-state index in [1.54, 1.807) is 58.6 Å². The Bertz CT molecular complexity index is 2350. The molecule has 2 amide bonds. The summed E-state index contributed by atoms with van der Waals surface area (Å²) in [4.78, 5) is 52.1. The monoisotopic (exact) mass is 753 g/mol. The van der Waals surface area contributed by atoms with Crippen LogP contribution >= 0.6 is 0 Å². The Morgan fingerprint density at radius 3 is 1.59 bits per heavy atom. The number of hydrogen-bond donors (Lipinski definition) is 1. The SMILES string of the molecule is COC(=O)c1ccc(C2=CN3C(=O)c4cc(OC)c(OCCCOc5cc6c(cc5OC)C(=O)N5C=C(c7ccc(N)cc7)C[C@H]5C=N6)cc4N=C[C@@H]3C2)cc1. The molecule has 4 aliphatic heterocycles. The number of benzene rings is 4. The fourth-order valence-corrected chi connectivity index (χ4v) is 7.20. The topological polar surface area (TPSA) is 155 Å². The van der Waals surface area contributed by atoms with Gasteiger partial charge in [0.15, 0.2) is 23.0 Å². The van der Waals surface area contributed by atoms with Gasteiger partial charge in [0.05, 0.1) is 74.7 Å². The molecule has 0 spiro atoms. The molecule has 284 valence electrons. The number of ether oxygens (including phenoxy) is 5. The zero-order valence-corrected chi connectivity index (χ0v) is 31.1. The second-order valence-electron chi connectivity index (χ2n) is 13.6. The molecule has 2 atom stereocenters. The van der Waals surface area contributed by atoms with E-state index in [1.165, 1.54) is 21.3 Å². The van der Waals surface area contributed by atoms with Gasteiger partial charge in [0, 0.05) is 61.9 Å². The van der Waals surface area contributed by atoms with Crippen LogP contribution in [0.2, 0.25) is 0 Å². The number of methoxy groups -OCH3 is 3. The number of nitrogen functional groups attached to an aromatic ring is 1. The molecular formula is C43H39N5O8. The number of nitrogens with two attached hydrogens (primary N) is 1. The lowest BCUT2D eigenvalue weighted by Crippen LogP contribution is -2.32. The zero-order valence-electron chi connectivity index (χ0n) is 31.1. The van der Waals surface area contributed by atoms with Gasteiger partial charge in [-0.25, -0.2) is 4.79 Å². The van der Waals surface area contributed by atoms with E-state index in [0.29, 0.717) is 76.0 Å². The molecule has 0 bridgehead atoms. The quantitative estimate of drug-likeness (QED) is 0.0983. The number of aliphatic imine (C=N–C) groups is 2. The van der Waals surface area contributed by atoms with Gasteiger partial charge in [-0.15, -0.1) is 0 Å². The summed E-state index contributed by atoms with van der Waals surface area (Å²) in [6.07, 6.45) is 9.00. The minimum absolute atomic E-state index is 0.169. The van der Waals surface area contributed by atoms with Crippen LogP contribution in [0.4, 0.5) is 17.1 Å². The number of esters is 1. The van der Waals surface area contributed by atoms with Crippen LogP contribution in [-0.2, 0) is 4.74 Å². The first kappa shape index (κ1) is 36.1. The minimum atomic E-state index is -0.406. The lowest BCUT2D eigenvalue weighted by Gasteiger charge is -2.19. The van der Waals surface area contributed by atoms with Crippen LogP contribution in [0.25, 0.3) is 11.1 Å². The summed E-state index contributed by atoms with van der Waals surface area (Å²) < 4.78 is 28.3. The van der Waals surface area contributed by atoms with Crippen molar-refractivity contribution in [1.82, 2.24) is 9.80 Å². The summed E-state index contributed by atoms with van der Waals surface area (Å²) in [7, 11) is 4.40. The average molecular weight is 754 g/mol. The molecule has 4 aromatic carbocycles. The van der Waals surface area contributed by atoms with Gasteiger partial charge in [0.25, 0.3) is 11.8 Å². The molecule has 13 nitrogen and oxygen atoms in total. The van der Waals surface area contributed by atoms with Crippen molar-refractivity contribution in [3.05, 3.63) is 113 Å². The Kier molecular flexibility index (Phi) is 9.73. The van der Waals surface area contributed by atoms with Crippen molar-refractivity contribution in [2.24, 2.45) is 9.98 Å². The van der Waals surface area contributed by atoms with E-state index in [-0.39, 0.29) is 37.1 Å². The molecule has 4 heterocycles. The zero-order chi connectivity index (χ0) is 38.9. The van der Waals surface area contributed by atoms with Crippen molar-refractivity contribution >= 4 is 58.4 Å². The van der Waals surface area contributed by atoms with Gasteiger partial charge in [-0.3, -0.25) is 19.6 Å². The first-order valence-corrected chi connectivity index (χ1v) is 18.1. The molecule has 13 heteroatoms. The highest BCUT2D eigenvalue weighted by Gasteiger charge is 2.35. The van der Waals surface area contributed by atoms with Crippen LogP contribution in [0.1, 0.15) is 61.5 Å². The number of hydrogen-bond acceptors (Lipinski definition) is 11. The molecule has 0 fully saturated rings. The maximum Gasteiger partial charge on any atom is 0.337 e. The third-order valence-electron chi connectivity index (χ3n) is 10.2. The van der Waals surface area contributed by atoms with Crippen molar-refractivity contribution < 1.29 is 38.1 Å². The molecule has 8 rings (SSSR count). The fourth-order valence-electron chi connectivity index (χ4n) is 7.20. The number of carbonyl (C=O) groups is 3. The maximum absolute atomic E-state index is 13.8. The van der Waals surface area contributed by atoms with Gasteiger partial charge < -0.3 is 39.2 Å². The maximum atomic E-state index is 13.8. The summed E-state index contributed by atoms with van der Waals surface area (Å²) in [5, 5.41) is 0. The highest BCUT2D eigenvalue weighted by molar-refractivity contribution is 6.06. The van der Waals surface area contributed by atoms with E-state index in [9.17, 15) is 14.4 Å². The Balaban J connectivity index is 0.905. The van der Waals surface area contributed by atoms with Crippen LogP contribution in [0.3, 0.4) is 0 Å². The third-order valence-corrected chi connectivity index (χ3v) is 10.2. The first-order chi connectivity index (χ1) is 27.2. The molecule has 0 saturated heterocycles. The molecule has 0 unspecified atom stereocenters. The van der Waals surface area contributed by atoms with E-state index >= 15 is 0 Å². The number of nitrogens with zero attached hydrogens (tertiary/aromatic N) is 4. The number of rotatable bonds is 11. The lowest BCUT2D eigenvalue weighted by atomic mass is 10.0. The number of anilines is 1. The van der Waals surface area contributed by atoms with E-state index in [1.807, 2.05) is 48.8 Å². The summed E-state index contributed by atoms with van der Waals surface area (Å²) in [6, 6.07) is 21.0. The molecule has 4 aromatic rings. The lowest BCUT2D eigenvalue weighted by molar-refractivity contribution is 0.0600. The Labute approximate surface area is 323 Å². The Morgan fingerprint density at radius 2 is 1.14 bits per heavy atom. The summed E-state index contributed by atoms with van der Waals surface area (Å²) in [5.41, 5.74) is 12.7. The minimum Gasteiger partial charge on any atom is -0.493 e. The van der Waals surface area contributed by atoms with Crippen LogP contribution in [0.5, 0.6) is 23.0 Å². The van der Waals surface area contributed by atoms with Crippen molar-refractivity contribution in [3.8, 4) is 23.0 Å². The van der Waals surface area contributed by atoms with Crippen molar-refractivity contribution in [2.75, 3.05) is 40.3 Å². The third kappa shape index (κ3) is 6.83. The predicted molar refractivity (Wildman–Crippen MR) is 212 cm³/mol. The smallest absolute Gasteiger partial charge is 0.337 e. The molecular weight excluding hydrogens is 714 g/mol. The normalized spacial score (nSPS) is 17.8. The van der Waals surface area contributed by atoms with E-state index in [4.69, 9.17) is 29.4 Å². The second kappa shape index (κ2) is 15.1. The largest absolute Gasteiger partial charge is 0.493 e. The van der Waals surface area contributed by atoms with Crippen LogP contribution in [-0.4, -0.2) is 86.6 Å². The molecule has 0 aromatic heterocycles. The highest BCUT2D eigenvalue weighted by Crippen LogP contribution is 2.42. The van der Waals surface area contributed by atoms with Crippen LogP contribution in [0.15, 0.2) is 95.2 Å². The highest BCUT2D eigenvalue weighted by atomic mass is 16.5. The van der Waals surface area contributed by atoms with E-state index < -0.39 is 5.97 Å². The standard InChI is InChI=1S/C43H39N5O8/c1-52-37-17-33-35(45-21-31-15-28(23-47(31)41(33)49)25-5-7-27(8-6-25)43(51)54-3)19-39(37)55-13-4-14-56-40-20-36-34(18-38(40)53-2)42(50)48-24-29(16-32(48)22-46-36)26-9-11-30(44)12-10-26/h5-12,17-24,31-32H,4,13-16,44H2,1-3H3/t31-,32-/m0/s1. The van der Waals surface area contributed by atoms with Crippen molar-refractivity contribution in [1.29, 1.82) is 0 Å². The Morgan fingerprint density at radius 1 is 0.679 bits per heavy atom. The fraction of sp³-hybridized carbons (Fsp3) is 0.233. The first-order valence-electron chi connectivity index (χ1n) is 18.1. The molecule has 0 radical (unpaired) electrons. The number of carbonyl (C=O) groups excluding carboxylic acids is 3. The second-order valence-corrected chi connectivity index (χ2v) is 13.6. The number of fused-ring (bicyclic) bond motifs is 4. The van der Waals surface area contributed by atoms with Gasteiger partial charge in [0.1, 0.15) is 0 Å². The Hall–Kier alpha value is -6.89. The van der Waals surface area contributed by atoms with Gasteiger partial charge in [-0.1, -0.05) is 24.3 Å². The van der Waals surface area contributed by atoms with Gasteiger partial charge in [0.2, 0.25) is 0 Å². The molecule has 56 heavy (non-hydrogen) atoms. The predicted octanol–water partition coefficient (Wildman–Crippen LogP) is 6.86. The summed E-state index contributed by atoms with van der Waals surface area (Å²) in [5.74, 6) is 0.950. The van der Waals surface area contributed by atoms with Gasteiger partial charge >= 0.3 is 5.97 Å². The van der Waals surface area contributed by atoms with Crippen LogP contribution < -0.4 is 24.7 Å². The van der Waals surface area contributed by atoms with Gasteiger partial charge in [-0.05, 0) is 58.7 Å². The molecule has 0 saturated carbocycles.